The van der Waals surface area contributed by atoms with Crippen LogP contribution in [0.5, 0.6) is 0 Å². The lowest BCUT2D eigenvalue weighted by molar-refractivity contribution is 0.669. The van der Waals surface area contributed by atoms with Crippen LogP contribution in [0.2, 0.25) is 0 Å². The quantitative estimate of drug-likeness (QED) is 0.190. The van der Waals surface area contributed by atoms with Crippen LogP contribution in [-0.2, 0) is 0 Å². The molecule has 230 valence electrons. The minimum absolute atomic E-state index is 0.851. The Morgan fingerprint density at radius 1 is 0.327 bits per heavy atom. The number of para-hydroxylation sites is 4. The third kappa shape index (κ3) is 4.44. The van der Waals surface area contributed by atoms with Gasteiger partial charge >= 0.3 is 0 Å². The first kappa shape index (κ1) is 27.5. The van der Waals surface area contributed by atoms with Crippen LogP contribution in [0.25, 0.3) is 76.9 Å². The summed E-state index contributed by atoms with van der Waals surface area (Å²) in [5.41, 5.74) is 11.1. The molecule has 0 saturated heterocycles. The van der Waals surface area contributed by atoms with Gasteiger partial charge in [0, 0.05) is 32.7 Å². The van der Waals surface area contributed by atoms with Gasteiger partial charge in [-0.3, -0.25) is 0 Å². The van der Waals surface area contributed by atoms with Gasteiger partial charge in [0.25, 0.3) is 0 Å². The van der Waals surface area contributed by atoms with E-state index in [4.69, 9.17) is 8.83 Å². The Morgan fingerprint density at radius 2 is 0.918 bits per heavy atom. The third-order valence-corrected chi connectivity index (χ3v) is 9.65. The fourth-order valence-electron chi connectivity index (χ4n) is 7.37. The van der Waals surface area contributed by atoms with E-state index in [1.54, 1.807) is 0 Å². The van der Waals surface area contributed by atoms with Crippen molar-refractivity contribution < 1.29 is 8.83 Å². The molecular weight excluding hydrogens is 599 g/mol. The van der Waals surface area contributed by atoms with Crippen LogP contribution >= 0.6 is 0 Å². The van der Waals surface area contributed by atoms with Gasteiger partial charge in [-0.15, -0.1) is 0 Å². The lowest BCUT2D eigenvalue weighted by Crippen LogP contribution is -2.12. The summed E-state index contributed by atoms with van der Waals surface area (Å²) in [5.74, 6) is 0. The largest absolute Gasteiger partial charge is 0.456 e. The predicted molar refractivity (Wildman–Crippen MR) is 204 cm³/mol. The molecule has 49 heavy (non-hydrogen) atoms. The molecule has 10 aromatic rings. The molecule has 0 bridgehead atoms. The number of benzene rings is 8. The highest BCUT2D eigenvalue weighted by Gasteiger charge is 2.24. The molecule has 0 saturated carbocycles. The van der Waals surface area contributed by atoms with E-state index in [9.17, 15) is 0 Å². The summed E-state index contributed by atoms with van der Waals surface area (Å²) in [7, 11) is 0. The molecule has 3 nitrogen and oxygen atoms in total. The molecule has 0 amide bonds. The van der Waals surface area contributed by atoms with E-state index in [0.717, 1.165) is 83.2 Å². The molecule has 10 rings (SSSR count). The van der Waals surface area contributed by atoms with Crippen LogP contribution < -0.4 is 4.90 Å². The second kappa shape index (κ2) is 11.0. The maximum Gasteiger partial charge on any atom is 0.159 e. The lowest BCUT2D eigenvalue weighted by atomic mass is 9.97. The second-order valence-electron chi connectivity index (χ2n) is 12.5. The Balaban J connectivity index is 1.24. The number of anilines is 3. The summed E-state index contributed by atoms with van der Waals surface area (Å²) in [6.07, 6.45) is 0. The highest BCUT2D eigenvalue weighted by Crippen LogP contribution is 2.48. The van der Waals surface area contributed by atoms with Crippen molar-refractivity contribution in [2.75, 3.05) is 4.90 Å². The average molecular weight is 628 g/mol. The molecule has 3 heteroatoms. The Bertz CT molecular complexity index is 2840. The molecule has 0 atom stereocenters. The average Bonchev–Trinajstić information content (AvgIpc) is 3.73. The van der Waals surface area contributed by atoms with E-state index in [1.165, 1.54) is 10.8 Å². The van der Waals surface area contributed by atoms with Crippen molar-refractivity contribution in [1.29, 1.82) is 0 Å². The number of hydrogen-bond donors (Lipinski definition) is 0. The number of hydrogen-bond acceptors (Lipinski definition) is 3. The first-order valence-electron chi connectivity index (χ1n) is 16.6. The standard InChI is InChI=1S/C46H29NO2/c1-2-13-30(14-3-1)34-17-6-9-21-40(34)47(42-23-12-20-37-36-19-8-11-24-43(36)49-46(37)42)41-22-10-7-18-35(41)33-25-26-44-38(28-33)39-27-31-15-4-5-16-32(31)29-45(39)48-44/h1-29H. The molecule has 2 aromatic heterocycles. The van der Waals surface area contributed by atoms with Crippen LogP contribution in [0, 0.1) is 0 Å². The third-order valence-electron chi connectivity index (χ3n) is 9.65. The maximum atomic E-state index is 6.68. The number of nitrogens with zero attached hydrogens (tertiary/aromatic N) is 1. The molecule has 0 N–H and O–H groups in total. The molecule has 0 spiro atoms. The van der Waals surface area contributed by atoms with E-state index in [1.807, 2.05) is 12.1 Å². The number of rotatable bonds is 5. The van der Waals surface area contributed by atoms with Gasteiger partial charge in [-0.05, 0) is 70.4 Å². The molecule has 0 radical (unpaired) electrons. The van der Waals surface area contributed by atoms with E-state index in [-0.39, 0.29) is 0 Å². The molecule has 0 aliphatic carbocycles. The van der Waals surface area contributed by atoms with Gasteiger partial charge in [0.15, 0.2) is 5.58 Å². The van der Waals surface area contributed by atoms with Crippen molar-refractivity contribution >= 4 is 71.7 Å². The second-order valence-corrected chi connectivity index (χ2v) is 12.5. The van der Waals surface area contributed by atoms with Crippen molar-refractivity contribution in [3.63, 3.8) is 0 Å². The zero-order valence-corrected chi connectivity index (χ0v) is 26.5. The topological polar surface area (TPSA) is 29.5 Å². The lowest BCUT2D eigenvalue weighted by Gasteiger charge is -2.30. The van der Waals surface area contributed by atoms with Gasteiger partial charge in [-0.1, -0.05) is 127 Å². The molecule has 0 unspecified atom stereocenters. The van der Waals surface area contributed by atoms with Crippen molar-refractivity contribution in [3.05, 3.63) is 176 Å². The van der Waals surface area contributed by atoms with Crippen LogP contribution in [0.4, 0.5) is 17.1 Å². The van der Waals surface area contributed by atoms with Crippen molar-refractivity contribution in [1.82, 2.24) is 0 Å². The zero-order valence-electron chi connectivity index (χ0n) is 26.5. The maximum absolute atomic E-state index is 6.68. The number of fused-ring (bicyclic) bond motifs is 7. The minimum Gasteiger partial charge on any atom is -0.456 e. The summed E-state index contributed by atoms with van der Waals surface area (Å²) in [5, 5.41) is 6.79. The van der Waals surface area contributed by atoms with Gasteiger partial charge in [-0.2, -0.15) is 0 Å². The van der Waals surface area contributed by atoms with Gasteiger partial charge < -0.3 is 13.7 Å². The number of furan rings is 2. The minimum atomic E-state index is 0.851. The van der Waals surface area contributed by atoms with Gasteiger partial charge in [0.05, 0.1) is 17.1 Å². The highest BCUT2D eigenvalue weighted by atomic mass is 16.3. The molecule has 2 heterocycles. The molecule has 0 aliphatic rings. The van der Waals surface area contributed by atoms with Crippen LogP contribution in [0.15, 0.2) is 185 Å². The van der Waals surface area contributed by atoms with Gasteiger partial charge in [-0.25, -0.2) is 0 Å². The Kier molecular flexibility index (Phi) is 6.18. The normalized spacial score (nSPS) is 11.7. The molecule has 8 aromatic carbocycles. The molecule has 0 fully saturated rings. The first-order valence-corrected chi connectivity index (χ1v) is 16.6. The predicted octanol–water partition coefficient (Wildman–Crippen LogP) is 13.4. The Labute approximate surface area is 282 Å². The molecular formula is C46H29NO2. The van der Waals surface area contributed by atoms with E-state index < -0.39 is 0 Å². The van der Waals surface area contributed by atoms with E-state index >= 15 is 0 Å². The monoisotopic (exact) mass is 627 g/mol. The summed E-state index contributed by atoms with van der Waals surface area (Å²) >= 11 is 0. The van der Waals surface area contributed by atoms with Crippen molar-refractivity contribution in [2.24, 2.45) is 0 Å². The van der Waals surface area contributed by atoms with Crippen molar-refractivity contribution in [2.45, 2.75) is 0 Å². The van der Waals surface area contributed by atoms with E-state index in [0.29, 0.717) is 0 Å². The van der Waals surface area contributed by atoms with Crippen LogP contribution in [0.3, 0.4) is 0 Å². The Hall–Kier alpha value is -6.58. The fraction of sp³-hybridized carbons (Fsp3) is 0. The Morgan fingerprint density at radius 3 is 1.73 bits per heavy atom. The highest BCUT2D eigenvalue weighted by molar-refractivity contribution is 6.13. The molecule has 0 aliphatic heterocycles. The summed E-state index contributed by atoms with van der Waals surface area (Å²) in [6, 6.07) is 62.0. The summed E-state index contributed by atoms with van der Waals surface area (Å²) in [6.45, 7) is 0. The zero-order chi connectivity index (χ0) is 32.3. The SMILES string of the molecule is c1ccc(-c2ccccc2N(c2ccccc2-c2ccc3oc4cc5ccccc5cc4c3c2)c2cccc3c2oc2ccccc23)cc1. The first-order chi connectivity index (χ1) is 24.3. The van der Waals surface area contributed by atoms with Crippen LogP contribution in [-0.4, -0.2) is 0 Å². The van der Waals surface area contributed by atoms with Crippen molar-refractivity contribution in [3.8, 4) is 22.3 Å². The van der Waals surface area contributed by atoms with E-state index in [2.05, 4.69) is 169 Å². The van der Waals surface area contributed by atoms with Crippen LogP contribution in [0.1, 0.15) is 0 Å². The smallest absolute Gasteiger partial charge is 0.159 e. The summed E-state index contributed by atoms with van der Waals surface area (Å²) in [4.78, 5) is 2.37. The summed E-state index contributed by atoms with van der Waals surface area (Å²) < 4.78 is 13.1. The van der Waals surface area contributed by atoms with Gasteiger partial charge in [0.2, 0.25) is 0 Å². The fourth-order valence-corrected chi connectivity index (χ4v) is 7.37. The van der Waals surface area contributed by atoms with Gasteiger partial charge in [0.1, 0.15) is 16.7 Å².